The first-order valence-corrected chi connectivity index (χ1v) is 9.76. The van der Waals surface area contributed by atoms with Gasteiger partial charge in [-0.3, -0.25) is 9.69 Å². The second-order valence-corrected chi connectivity index (χ2v) is 7.82. The average molecular weight is 361 g/mol. The molecule has 0 saturated carbocycles. The molecule has 1 unspecified atom stereocenters. The molecule has 0 aliphatic carbocycles. The number of hydrogen-bond donors (Lipinski definition) is 2. The molecule has 144 valence electrons. The molecule has 1 aromatic carbocycles. The molecule has 1 atom stereocenters. The number of nitrogen functional groups attached to an aromatic ring is 1. The van der Waals surface area contributed by atoms with Crippen LogP contribution in [0.5, 0.6) is 0 Å². The lowest BCUT2D eigenvalue weighted by molar-refractivity contribution is -0.121. The smallest absolute Gasteiger partial charge is 0.239 e. The van der Waals surface area contributed by atoms with Crippen molar-refractivity contribution in [2.75, 3.05) is 56.5 Å². The summed E-state index contributed by atoms with van der Waals surface area (Å²) >= 11 is 0. The van der Waals surface area contributed by atoms with E-state index in [1.54, 1.807) is 0 Å². The average Bonchev–Trinajstić information content (AvgIpc) is 2.61. The molecule has 0 radical (unpaired) electrons. The standard InChI is InChI=1S/C20H32N4O2/c1-15(2)12-23-9-10-26-16(13-23)11-22-20(25)14-24-8-4-5-17-18(21)6-3-7-19(17)24/h3,6-7,15-16H,4-5,8-14,21H2,1-2H3,(H,22,25). The molecule has 3 rings (SSSR count). The quantitative estimate of drug-likeness (QED) is 0.752. The molecule has 1 saturated heterocycles. The van der Waals surface area contributed by atoms with Crippen LogP contribution in [0, 0.1) is 5.92 Å². The number of ether oxygens (including phenoxy) is 1. The van der Waals surface area contributed by atoms with Gasteiger partial charge >= 0.3 is 0 Å². The molecule has 0 aromatic heterocycles. The highest BCUT2D eigenvalue weighted by atomic mass is 16.5. The molecule has 6 nitrogen and oxygen atoms in total. The fraction of sp³-hybridized carbons (Fsp3) is 0.650. The van der Waals surface area contributed by atoms with Crippen LogP contribution in [0.25, 0.3) is 0 Å². The molecule has 2 aliphatic rings. The first kappa shape index (κ1) is 19.0. The fourth-order valence-electron chi connectivity index (χ4n) is 3.94. The first-order chi connectivity index (χ1) is 12.5. The van der Waals surface area contributed by atoms with Crippen molar-refractivity contribution in [3.05, 3.63) is 23.8 Å². The van der Waals surface area contributed by atoms with E-state index in [2.05, 4.69) is 35.0 Å². The van der Waals surface area contributed by atoms with Gasteiger partial charge < -0.3 is 20.7 Å². The van der Waals surface area contributed by atoms with Gasteiger partial charge in [-0.15, -0.1) is 0 Å². The number of anilines is 2. The van der Waals surface area contributed by atoms with Gasteiger partial charge in [-0.2, -0.15) is 0 Å². The highest BCUT2D eigenvalue weighted by Crippen LogP contribution is 2.30. The van der Waals surface area contributed by atoms with Gasteiger partial charge in [0.1, 0.15) is 0 Å². The number of rotatable bonds is 6. The summed E-state index contributed by atoms with van der Waals surface area (Å²) in [6.07, 6.45) is 2.10. The lowest BCUT2D eigenvalue weighted by atomic mass is 10.00. The van der Waals surface area contributed by atoms with E-state index in [1.807, 2.05) is 12.1 Å². The van der Waals surface area contributed by atoms with Crippen molar-refractivity contribution in [3.63, 3.8) is 0 Å². The normalized spacial score (nSPS) is 20.9. The van der Waals surface area contributed by atoms with Crippen LogP contribution in [-0.2, 0) is 16.0 Å². The van der Waals surface area contributed by atoms with Crippen molar-refractivity contribution in [3.8, 4) is 0 Å². The molecule has 6 heteroatoms. The van der Waals surface area contributed by atoms with Crippen molar-refractivity contribution in [2.24, 2.45) is 5.92 Å². The Morgan fingerprint density at radius 3 is 3.04 bits per heavy atom. The predicted molar refractivity (Wildman–Crippen MR) is 105 cm³/mol. The summed E-state index contributed by atoms with van der Waals surface area (Å²) in [6, 6.07) is 5.96. The topological polar surface area (TPSA) is 70.8 Å². The number of carbonyl (C=O) groups excluding carboxylic acids is 1. The van der Waals surface area contributed by atoms with Crippen LogP contribution in [0.2, 0.25) is 0 Å². The SMILES string of the molecule is CC(C)CN1CCOC(CNC(=O)CN2CCCc3c(N)cccc32)C1. The molecule has 1 fully saturated rings. The Hall–Kier alpha value is -1.79. The Bertz CT molecular complexity index is 620. The molecule has 1 aromatic rings. The first-order valence-electron chi connectivity index (χ1n) is 9.76. The van der Waals surface area contributed by atoms with E-state index in [4.69, 9.17) is 10.5 Å². The maximum Gasteiger partial charge on any atom is 0.239 e. The van der Waals surface area contributed by atoms with Crippen molar-refractivity contribution < 1.29 is 9.53 Å². The lowest BCUT2D eigenvalue weighted by Gasteiger charge is -2.34. The van der Waals surface area contributed by atoms with Crippen LogP contribution in [0.15, 0.2) is 18.2 Å². The zero-order valence-corrected chi connectivity index (χ0v) is 16.0. The van der Waals surface area contributed by atoms with Gasteiger partial charge in [0.2, 0.25) is 5.91 Å². The molecule has 3 N–H and O–H groups in total. The van der Waals surface area contributed by atoms with E-state index in [0.717, 1.165) is 57.0 Å². The third-order valence-corrected chi connectivity index (χ3v) is 5.09. The number of hydrogen-bond acceptors (Lipinski definition) is 5. The molecule has 2 heterocycles. The van der Waals surface area contributed by atoms with E-state index < -0.39 is 0 Å². The van der Waals surface area contributed by atoms with E-state index in [0.29, 0.717) is 19.0 Å². The highest BCUT2D eigenvalue weighted by Gasteiger charge is 2.23. The zero-order chi connectivity index (χ0) is 18.5. The van der Waals surface area contributed by atoms with Crippen LogP contribution in [0.3, 0.4) is 0 Å². The summed E-state index contributed by atoms with van der Waals surface area (Å²) in [7, 11) is 0. The number of carbonyl (C=O) groups is 1. The Labute approximate surface area is 156 Å². The second-order valence-electron chi connectivity index (χ2n) is 7.82. The van der Waals surface area contributed by atoms with Gasteiger partial charge in [-0.25, -0.2) is 0 Å². The predicted octanol–water partition coefficient (Wildman–Crippen LogP) is 1.49. The number of nitrogens with zero attached hydrogens (tertiary/aromatic N) is 2. The molecule has 0 spiro atoms. The molecule has 2 aliphatic heterocycles. The largest absolute Gasteiger partial charge is 0.398 e. The minimum atomic E-state index is 0.0462. The molecular formula is C20H32N4O2. The summed E-state index contributed by atoms with van der Waals surface area (Å²) in [5.41, 5.74) is 9.19. The van der Waals surface area contributed by atoms with Crippen LogP contribution in [-0.4, -0.2) is 62.8 Å². The summed E-state index contributed by atoms with van der Waals surface area (Å²) < 4.78 is 5.82. The van der Waals surface area contributed by atoms with E-state index in [-0.39, 0.29) is 12.0 Å². The fourth-order valence-corrected chi connectivity index (χ4v) is 3.94. The minimum Gasteiger partial charge on any atom is -0.398 e. The van der Waals surface area contributed by atoms with Crippen LogP contribution in [0.4, 0.5) is 11.4 Å². The number of amides is 1. The Balaban J connectivity index is 1.49. The van der Waals surface area contributed by atoms with Crippen molar-refractivity contribution in [1.82, 2.24) is 10.2 Å². The monoisotopic (exact) mass is 360 g/mol. The number of morpholine rings is 1. The zero-order valence-electron chi connectivity index (χ0n) is 16.0. The van der Waals surface area contributed by atoms with Crippen molar-refractivity contribution in [2.45, 2.75) is 32.8 Å². The van der Waals surface area contributed by atoms with Gasteiger partial charge in [0.05, 0.1) is 19.3 Å². The van der Waals surface area contributed by atoms with Crippen LogP contribution >= 0.6 is 0 Å². The van der Waals surface area contributed by atoms with E-state index in [9.17, 15) is 4.79 Å². The van der Waals surface area contributed by atoms with Gasteiger partial charge in [-0.05, 0) is 36.5 Å². The molecule has 1 amide bonds. The maximum atomic E-state index is 12.5. The van der Waals surface area contributed by atoms with Gasteiger partial charge in [-0.1, -0.05) is 19.9 Å². The van der Waals surface area contributed by atoms with Gasteiger partial charge in [0.25, 0.3) is 0 Å². The molecular weight excluding hydrogens is 328 g/mol. The maximum absolute atomic E-state index is 12.5. The van der Waals surface area contributed by atoms with Crippen LogP contribution < -0.4 is 16.0 Å². The number of fused-ring (bicyclic) bond motifs is 1. The summed E-state index contributed by atoms with van der Waals surface area (Å²) in [6.45, 7) is 10.0. The second kappa shape index (κ2) is 8.73. The highest BCUT2D eigenvalue weighted by molar-refractivity contribution is 5.82. The Morgan fingerprint density at radius 1 is 1.38 bits per heavy atom. The van der Waals surface area contributed by atoms with E-state index in [1.165, 1.54) is 5.56 Å². The van der Waals surface area contributed by atoms with Crippen molar-refractivity contribution in [1.29, 1.82) is 0 Å². The number of benzene rings is 1. The van der Waals surface area contributed by atoms with Crippen LogP contribution in [0.1, 0.15) is 25.8 Å². The Morgan fingerprint density at radius 2 is 2.23 bits per heavy atom. The third kappa shape index (κ3) is 4.89. The minimum absolute atomic E-state index is 0.0462. The lowest BCUT2D eigenvalue weighted by Crippen LogP contribution is -2.49. The summed E-state index contributed by atoms with van der Waals surface area (Å²) in [5.74, 6) is 0.694. The molecule has 0 bridgehead atoms. The van der Waals surface area contributed by atoms with Gasteiger partial charge in [0.15, 0.2) is 0 Å². The number of nitrogens with one attached hydrogen (secondary N) is 1. The number of nitrogens with two attached hydrogens (primary N) is 1. The van der Waals surface area contributed by atoms with E-state index >= 15 is 0 Å². The van der Waals surface area contributed by atoms with Crippen molar-refractivity contribution >= 4 is 17.3 Å². The summed E-state index contributed by atoms with van der Waals surface area (Å²) in [5, 5.41) is 3.06. The Kier molecular flexibility index (Phi) is 6.38. The third-order valence-electron chi connectivity index (χ3n) is 5.09. The van der Waals surface area contributed by atoms with Gasteiger partial charge in [0, 0.05) is 44.1 Å². The molecule has 26 heavy (non-hydrogen) atoms. The summed E-state index contributed by atoms with van der Waals surface area (Å²) in [4.78, 5) is 17.0.